The molecule has 0 atom stereocenters. The van der Waals surface area contributed by atoms with E-state index < -0.39 is 0 Å². The molecule has 2 N–H and O–H groups in total. The van der Waals surface area contributed by atoms with E-state index in [0.29, 0.717) is 0 Å². The van der Waals surface area contributed by atoms with Crippen molar-refractivity contribution in [1.29, 1.82) is 0 Å². The Morgan fingerprint density at radius 2 is 0.867 bits per heavy atom. The molecule has 0 amide bonds. The minimum atomic E-state index is 0.00405. The average Bonchev–Trinajstić information content (AvgIpc) is 3.45. The summed E-state index contributed by atoms with van der Waals surface area (Å²) in [6, 6.07) is 28.4. The number of hydrogen-bond donors (Lipinski definition) is 2. The van der Waals surface area contributed by atoms with Gasteiger partial charge in [-0.15, -0.1) is 0 Å². The normalized spacial score (nSPS) is 10.7. The zero-order valence-corrected chi connectivity index (χ0v) is 19.1. The van der Waals surface area contributed by atoms with E-state index in [1.165, 1.54) is 0 Å². The fourth-order valence-corrected chi connectivity index (χ4v) is 6.28. The van der Waals surface area contributed by atoms with Crippen molar-refractivity contribution in [2.75, 3.05) is 10.6 Å². The molecule has 0 saturated heterocycles. The number of para-hydroxylation sites is 2. The van der Waals surface area contributed by atoms with Gasteiger partial charge < -0.3 is 0 Å². The topological polar surface area (TPSA) is 75.6 Å². The van der Waals surface area contributed by atoms with E-state index in [1.807, 2.05) is 72.8 Å². The van der Waals surface area contributed by atoms with Crippen LogP contribution in [0.5, 0.6) is 0 Å². The molecule has 5 aromatic rings. The molecule has 2 heterocycles. The van der Waals surface area contributed by atoms with Crippen molar-refractivity contribution >= 4 is 49.8 Å². The van der Waals surface area contributed by atoms with Crippen molar-refractivity contribution in [2.24, 2.45) is 0 Å². The second-order valence-corrected chi connectivity index (χ2v) is 10.5. The fourth-order valence-electron chi connectivity index (χ4n) is 2.91. The Morgan fingerprint density at radius 1 is 0.467 bits per heavy atom. The summed E-state index contributed by atoms with van der Waals surface area (Å²) in [5.41, 5.74) is 4.22. The summed E-state index contributed by atoms with van der Waals surface area (Å²) in [6.07, 6.45) is 0. The Hall–Kier alpha value is -3.02. The Morgan fingerprint density at radius 3 is 1.30 bits per heavy atom. The standard InChI is InChI=1S/C22H16N6Se2/c1-3-9-15(10-4-1)23-21-27-25-19(29-21)17-13-7-8-14-18(17)20-26-28-22(30-20)24-16-11-5-2-6-12-16/h1-14H,(H,23,27)(H,24,28). The molecule has 0 fully saturated rings. The summed E-state index contributed by atoms with van der Waals surface area (Å²) in [4.78, 5) is 0. The Bertz CT molecular complexity index is 1150. The Kier molecular flexibility index (Phi) is 5.55. The van der Waals surface area contributed by atoms with Crippen molar-refractivity contribution in [2.45, 2.75) is 0 Å². The van der Waals surface area contributed by atoms with E-state index in [-0.39, 0.29) is 29.0 Å². The number of aromatic nitrogens is 4. The number of nitrogens with zero attached hydrogens (tertiary/aromatic N) is 4. The third kappa shape index (κ3) is 4.27. The summed E-state index contributed by atoms with van der Waals surface area (Å²) >= 11 is 0.00810. The molecule has 0 radical (unpaired) electrons. The van der Waals surface area contributed by atoms with Gasteiger partial charge in [0.05, 0.1) is 0 Å². The van der Waals surface area contributed by atoms with Crippen LogP contribution in [0, 0.1) is 0 Å². The molecule has 0 spiro atoms. The zero-order chi connectivity index (χ0) is 20.2. The van der Waals surface area contributed by atoms with E-state index in [1.54, 1.807) is 0 Å². The number of rotatable bonds is 6. The van der Waals surface area contributed by atoms with Crippen LogP contribution in [0.4, 0.5) is 20.8 Å². The quantitative estimate of drug-likeness (QED) is 0.326. The van der Waals surface area contributed by atoms with Gasteiger partial charge in [-0.05, 0) is 0 Å². The number of hydrogen-bond acceptors (Lipinski definition) is 6. The molecule has 0 aliphatic heterocycles. The van der Waals surface area contributed by atoms with Crippen molar-refractivity contribution in [3.05, 3.63) is 84.9 Å². The van der Waals surface area contributed by atoms with E-state index in [9.17, 15) is 0 Å². The van der Waals surface area contributed by atoms with Crippen LogP contribution in [0.1, 0.15) is 0 Å². The second kappa shape index (κ2) is 8.78. The zero-order valence-electron chi connectivity index (χ0n) is 15.7. The molecule has 6 nitrogen and oxygen atoms in total. The molecular formula is C22H16N6Se2. The molecular weight excluding hydrogens is 506 g/mol. The van der Waals surface area contributed by atoms with Gasteiger partial charge in [0.2, 0.25) is 0 Å². The first-order valence-corrected chi connectivity index (χ1v) is 12.7. The number of benzene rings is 3. The summed E-state index contributed by atoms with van der Waals surface area (Å²) in [5, 5.41) is 24.4. The van der Waals surface area contributed by atoms with E-state index >= 15 is 0 Å². The summed E-state index contributed by atoms with van der Waals surface area (Å²) in [5.74, 6) is 0. The number of anilines is 4. The van der Waals surface area contributed by atoms with Crippen molar-refractivity contribution in [1.82, 2.24) is 20.4 Å². The Labute approximate surface area is 185 Å². The van der Waals surface area contributed by atoms with Crippen LogP contribution in [-0.4, -0.2) is 49.4 Å². The fraction of sp³-hybridized carbons (Fsp3) is 0. The first kappa shape index (κ1) is 19.0. The summed E-state index contributed by atoms with van der Waals surface area (Å²) < 4.78 is 3.80. The maximum atomic E-state index is 4.47. The van der Waals surface area contributed by atoms with Gasteiger partial charge in [0.1, 0.15) is 0 Å². The predicted octanol–water partition coefficient (Wildman–Crippen LogP) is 4.20. The van der Waals surface area contributed by atoms with Gasteiger partial charge in [0.25, 0.3) is 0 Å². The van der Waals surface area contributed by atoms with Gasteiger partial charge in [-0.1, -0.05) is 0 Å². The first-order chi connectivity index (χ1) is 14.8. The summed E-state index contributed by atoms with van der Waals surface area (Å²) in [6.45, 7) is 0. The van der Waals surface area contributed by atoms with Crippen molar-refractivity contribution < 1.29 is 0 Å². The van der Waals surface area contributed by atoms with Crippen molar-refractivity contribution in [3.8, 4) is 20.3 Å². The number of nitrogens with one attached hydrogen (secondary N) is 2. The SMILES string of the molecule is c1ccc(Nc2nnc(-c3ccccc3-c3nnc(Nc4ccccc4)[se]3)[se]2)cc1. The molecule has 0 unspecified atom stereocenters. The molecule has 2 aromatic heterocycles. The monoisotopic (exact) mass is 524 g/mol. The first-order valence-electron chi connectivity index (χ1n) is 9.26. The molecule has 0 aliphatic carbocycles. The average molecular weight is 522 g/mol. The van der Waals surface area contributed by atoms with E-state index in [2.05, 4.69) is 43.2 Å². The molecule has 0 bridgehead atoms. The summed E-state index contributed by atoms with van der Waals surface area (Å²) in [7, 11) is 0. The van der Waals surface area contributed by atoms with E-state index in [0.717, 1.165) is 41.0 Å². The van der Waals surface area contributed by atoms with Crippen LogP contribution in [0.15, 0.2) is 84.9 Å². The van der Waals surface area contributed by atoms with Crippen molar-refractivity contribution in [3.63, 3.8) is 0 Å². The van der Waals surface area contributed by atoms with Gasteiger partial charge in [-0.3, -0.25) is 0 Å². The predicted molar refractivity (Wildman–Crippen MR) is 122 cm³/mol. The Balaban J connectivity index is 1.41. The van der Waals surface area contributed by atoms with Crippen LogP contribution in [0.25, 0.3) is 20.3 Å². The minimum absolute atomic E-state index is 0.00405. The molecule has 30 heavy (non-hydrogen) atoms. The van der Waals surface area contributed by atoms with Crippen LogP contribution >= 0.6 is 0 Å². The third-order valence-corrected chi connectivity index (χ3v) is 7.95. The second-order valence-electron chi connectivity index (χ2n) is 6.35. The van der Waals surface area contributed by atoms with Crippen LogP contribution < -0.4 is 10.6 Å². The van der Waals surface area contributed by atoms with Gasteiger partial charge in [-0.25, -0.2) is 0 Å². The van der Waals surface area contributed by atoms with Gasteiger partial charge >= 0.3 is 186 Å². The van der Waals surface area contributed by atoms with Gasteiger partial charge in [0.15, 0.2) is 0 Å². The van der Waals surface area contributed by atoms with Gasteiger partial charge in [0, 0.05) is 0 Å². The van der Waals surface area contributed by atoms with E-state index in [4.69, 9.17) is 0 Å². The van der Waals surface area contributed by atoms with Crippen LogP contribution in [0.3, 0.4) is 0 Å². The maximum absolute atomic E-state index is 4.47. The molecule has 3 aromatic carbocycles. The van der Waals surface area contributed by atoms with Crippen LogP contribution in [-0.2, 0) is 0 Å². The third-order valence-electron chi connectivity index (χ3n) is 4.29. The van der Waals surface area contributed by atoms with Crippen LogP contribution in [0.2, 0.25) is 0 Å². The molecule has 0 aliphatic rings. The van der Waals surface area contributed by atoms with Gasteiger partial charge in [-0.2, -0.15) is 0 Å². The molecule has 8 heteroatoms. The molecule has 146 valence electrons. The molecule has 5 rings (SSSR count). The molecule has 0 saturated carbocycles.